The average molecular weight is 440 g/mol. The van der Waals surface area contributed by atoms with Gasteiger partial charge in [0.2, 0.25) is 12.7 Å². The molecule has 0 unspecified atom stereocenters. The summed E-state index contributed by atoms with van der Waals surface area (Å²) in [5.74, 6) is 3.10. The molecule has 1 aliphatic heterocycles. The Labute approximate surface area is 189 Å². The van der Waals surface area contributed by atoms with Crippen LogP contribution in [0.25, 0.3) is 11.9 Å². The van der Waals surface area contributed by atoms with E-state index in [-0.39, 0.29) is 12.7 Å². The minimum Gasteiger partial charge on any atom is -0.454 e. The van der Waals surface area contributed by atoms with Gasteiger partial charge in [0.05, 0.1) is 0 Å². The molecule has 9 heteroatoms. The number of benzene rings is 2. The Morgan fingerprint density at radius 1 is 1.03 bits per heavy atom. The van der Waals surface area contributed by atoms with Crippen molar-refractivity contribution in [3.8, 4) is 17.3 Å². The first-order valence-electron chi connectivity index (χ1n) is 10.2. The van der Waals surface area contributed by atoms with Crippen molar-refractivity contribution < 1.29 is 14.3 Å². The molecule has 3 heterocycles. The van der Waals surface area contributed by atoms with E-state index in [0.29, 0.717) is 34.6 Å². The lowest BCUT2D eigenvalue weighted by Crippen LogP contribution is -2.07. The molecule has 33 heavy (non-hydrogen) atoms. The Hall–Kier alpha value is -4.66. The smallest absolute Gasteiger partial charge is 0.248 e. The van der Waals surface area contributed by atoms with Crippen LogP contribution in [0.3, 0.4) is 0 Å². The molecule has 0 aliphatic carbocycles. The van der Waals surface area contributed by atoms with Crippen LogP contribution in [-0.4, -0.2) is 32.4 Å². The molecule has 0 bridgehead atoms. The molecule has 4 aromatic rings. The fraction of sp³-hybridized carbons (Fsp3) is 0.0833. The summed E-state index contributed by atoms with van der Waals surface area (Å²) in [6.45, 7) is 2.05. The van der Waals surface area contributed by atoms with Crippen LogP contribution in [0.4, 0.5) is 17.2 Å². The molecule has 9 nitrogen and oxygen atoms in total. The number of anilines is 3. The van der Waals surface area contributed by atoms with Crippen molar-refractivity contribution in [2.75, 3.05) is 17.4 Å². The van der Waals surface area contributed by atoms with Gasteiger partial charge in [0.25, 0.3) is 0 Å². The van der Waals surface area contributed by atoms with Crippen molar-refractivity contribution in [2.45, 2.75) is 6.92 Å². The van der Waals surface area contributed by atoms with Crippen molar-refractivity contribution in [1.29, 1.82) is 0 Å². The van der Waals surface area contributed by atoms with E-state index in [1.807, 2.05) is 67.7 Å². The van der Waals surface area contributed by atoms with Crippen LogP contribution in [0.2, 0.25) is 0 Å². The van der Waals surface area contributed by atoms with E-state index in [1.165, 1.54) is 6.08 Å². The predicted octanol–water partition coefficient (Wildman–Crippen LogP) is 4.09. The maximum absolute atomic E-state index is 12.3. The number of amides is 1. The Bertz CT molecular complexity index is 1320. The molecule has 5 rings (SSSR count). The maximum atomic E-state index is 12.3. The quantitative estimate of drug-likeness (QED) is 0.435. The summed E-state index contributed by atoms with van der Waals surface area (Å²) in [5.41, 5.74) is 2.36. The number of hydrogen-bond donors (Lipinski definition) is 2. The second-order valence-corrected chi connectivity index (χ2v) is 7.25. The molecular formula is C24H20N6O3. The monoisotopic (exact) mass is 440 g/mol. The van der Waals surface area contributed by atoms with Gasteiger partial charge in [0, 0.05) is 35.9 Å². The van der Waals surface area contributed by atoms with Crippen LogP contribution < -0.4 is 20.1 Å². The lowest BCUT2D eigenvalue weighted by Gasteiger charge is -2.09. The Morgan fingerprint density at radius 2 is 1.85 bits per heavy atom. The number of aromatic nitrogens is 4. The molecule has 2 aromatic heterocycles. The fourth-order valence-electron chi connectivity index (χ4n) is 3.30. The minimum absolute atomic E-state index is 0.218. The van der Waals surface area contributed by atoms with Gasteiger partial charge < -0.3 is 20.1 Å². The van der Waals surface area contributed by atoms with Gasteiger partial charge in [-0.25, -0.2) is 14.6 Å². The van der Waals surface area contributed by atoms with Crippen molar-refractivity contribution in [3.63, 3.8) is 0 Å². The summed E-state index contributed by atoms with van der Waals surface area (Å²) in [6.07, 6.45) is 6.72. The van der Waals surface area contributed by atoms with E-state index in [1.54, 1.807) is 17.0 Å². The van der Waals surface area contributed by atoms with Crippen LogP contribution >= 0.6 is 0 Å². The lowest BCUT2D eigenvalue weighted by molar-refractivity contribution is -0.111. The van der Waals surface area contributed by atoms with E-state index in [2.05, 4.69) is 25.7 Å². The van der Waals surface area contributed by atoms with Gasteiger partial charge in [-0.05, 0) is 61.0 Å². The Kier molecular flexibility index (Phi) is 5.42. The van der Waals surface area contributed by atoms with Crippen LogP contribution in [-0.2, 0) is 4.79 Å². The molecule has 164 valence electrons. The number of carbonyl (C=O) groups excluding carboxylic acids is 1. The second kappa shape index (κ2) is 8.83. The van der Waals surface area contributed by atoms with E-state index in [9.17, 15) is 4.79 Å². The van der Waals surface area contributed by atoms with Gasteiger partial charge in [0.1, 0.15) is 11.6 Å². The summed E-state index contributed by atoms with van der Waals surface area (Å²) in [7, 11) is 0. The highest BCUT2D eigenvalue weighted by atomic mass is 16.7. The summed E-state index contributed by atoms with van der Waals surface area (Å²) < 4.78 is 12.3. The topological polar surface area (TPSA) is 103 Å². The number of ether oxygens (including phenoxy) is 2. The molecule has 0 atom stereocenters. The van der Waals surface area contributed by atoms with Gasteiger partial charge in [-0.15, -0.1) is 0 Å². The Balaban J connectivity index is 1.21. The van der Waals surface area contributed by atoms with Gasteiger partial charge in [-0.2, -0.15) is 5.10 Å². The third kappa shape index (κ3) is 4.82. The molecular weight excluding hydrogens is 420 g/mol. The first-order chi connectivity index (χ1) is 16.1. The highest BCUT2D eigenvalue weighted by molar-refractivity contribution is 6.02. The lowest BCUT2D eigenvalue weighted by atomic mass is 10.2. The van der Waals surface area contributed by atoms with Crippen LogP contribution in [0.15, 0.2) is 73.1 Å². The van der Waals surface area contributed by atoms with Gasteiger partial charge in [0.15, 0.2) is 17.3 Å². The largest absolute Gasteiger partial charge is 0.454 e. The van der Waals surface area contributed by atoms with E-state index >= 15 is 0 Å². The zero-order valence-corrected chi connectivity index (χ0v) is 17.7. The van der Waals surface area contributed by atoms with E-state index in [0.717, 1.165) is 11.3 Å². The molecule has 0 saturated heterocycles. The average Bonchev–Trinajstić information content (AvgIpc) is 3.50. The number of nitrogens with zero attached hydrogens (tertiary/aromatic N) is 4. The molecule has 0 fully saturated rings. The molecule has 0 saturated carbocycles. The number of hydrogen-bond acceptors (Lipinski definition) is 7. The number of rotatable bonds is 6. The van der Waals surface area contributed by atoms with Crippen LogP contribution in [0, 0.1) is 6.92 Å². The number of carbonyl (C=O) groups is 1. The molecule has 1 aliphatic rings. The number of fused-ring (bicyclic) bond motifs is 1. The van der Waals surface area contributed by atoms with Gasteiger partial charge in [-0.3, -0.25) is 4.79 Å². The van der Waals surface area contributed by atoms with Crippen molar-refractivity contribution in [3.05, 3.63) is 84.5 Å². The standard InChI is InChI=1S/C24H20N6O3/c1-16-26-22(14-23(27-16)30-12-2-11-25-30)28-18-5-7-19(8-6-18)29-24(31)10-4-17-3-9-20-21(13-17)33-15-32-20/h2-14H,15H2,1H3,(H,29,31)(H,26,27,28)/b10-4+. The molecule has 0 radical (unpaired) electrons. The summed E-state index contributed by atoms with van der Waals surface area (Å²) in [4.78, 5) is 21.1. The summed E-state index contributed by atoms with van der Waals surface area (Å²) >= 11 is 0. The van der Waals surface area contributed by atoms with Gasteiger partial charge in [-0.1, -0.05) is 6.07 Å². The zero-order valence-electron chi connectivity index (χ0n) is 17.7. The molecule has 2 N–H and O–H groups in total. The third-order valence-corrected chi connectivity index (χ3v) is 4.81. The molecule has 1 amide bonds. The molecule has 2 aromatic carbocycles. The van der Waals surface area contributed by atoms with Gasteiger partial charge >= 0.3 is 0 Å². The zero-order chi connectivity index (χ0) is 22.6. The summed E-state index contributed by atoms with van der Waals surface area (Å²) in [5, 5.41) is 10.3. The highest BCUT2D eigenvalue weighted by Gasteiger charge is 2.12. The maximum Gasteiger partial charge on any atom is 0.248 e. The van der Waals surface area contributed by atoms with Crippen molar-refractivity contribution in [1.82, 2.24) is 19.7 Å². The van der Waals surface area contributed by atoms with Crippen molar-refractivity contribution >= 4 is 29.2 Å². The first-order valence-corrected chi connectivity index (χ1v) is 10.2. The predicted molar refractivity (Wildman–Crippen MR) is 124 cm³/mol. The van der Waals surface area contributed by atoms with Crippen molar-refractivity contribution in [2.24, 2.45) is 0 Å². The first kappa shape index (κ1) is 20.3. The highest BCUT2D eigenvalue weighted by Crippen LogP contribution is 2.32. The minimum atomic E-state index is -0.233. The van der Waals surface area contributed by atoms with E-state index in [4.69, 9.17) is 9.47 Å². The SMILES string of the molecule is Cc1nc(Nc2ccc(NC(=O)/C=C/c3ccc4c(c3)OCO4)cc2)cc(-n2cccn2)n1. The third-order valence-electron chi connectivity index (χ3n) is 4.81. The molecule has 0 spiro atoms. The van der Waals surface area contributed by atoms with Crippen LogP contribution in [0.1, 0.15) is 11.4 Å². The van der Waals surface area contributed by atoms with Crippen LogP contribution in [0.5, 0.6) is 11.5 Å². The Morgan fingerprint density at radius 3 is 2.67 bits per heavy atom. The summed E-state index contributed by atoms with van der Waals surface area (Å²) in [6, 6.07) is 16.5. The second-order valence-electron chi connectivity index (χ2n) is 7.25. The normalized spacial score (nSPS) is 12.2. The number of nitrogens with one attached hydrogen (secondary N) is 2. The fourth-order valence-corrected chi connectivity index (χ4v) is 3.30. The van der Waals surface area contributed by atoms with E-state index < -0.39 is 0 Å². The number of aryl methyl sites for hydroxylation is 1.